The van der Waals surface area contributed by atoms with Gasteiger partial charge in [0.1, 0.15) is 5.76 Å². The van der Waals surface area contributed by atoms with Gasteiger partial charge in [-0.25, -0.2) is 0 Å². The first-order valence-electron chi connectivity index (χ1n) is 4.03. The Morgan fingerprint density at radius 1 is 1.50 bits per heavy atom. The Balaban J connectivity index is 2.22. The topological polar surface area (TPSA) is 39.2 Å². The van der Waals surface area contributed by atoms with Crippen molar-refractivity contribution in [2.45, 2.75) is 12.3 Å². The number of nitrogens with two attached hydrogens (primary N) is 1. The van der Waals surface area contributed by atoms with Gasteiger partial charge in [-0.1, -0.05) is 12.2 Å². The zero-order chi connectivity index (χ0) is 8.39. The van der Waals surface area contributed by atoms with E-state index in [1.165, 1.54) is 0 Å². The molecule has 2 rings (SSSR count). The molecule has 0 amide bonds. The number of furan rings is 1. The van der Waals surface area contributed by atoms with E-state index < -0.39 is 0 Å². The van der Waals surface area contributed by atoms with Crippen LogP contribution in [0.2, 0.25) is 0 Å². The van der Waals surface area contributed by atoms with Gasteiger partial charge in [0.15, 0.2) is 0 Å². The quantitative estimate of drug-likeness (QED) is 0.685. The van der Waals surface area contributed by atoms with E-state index in [4.69, 9.17) is 10.2 Å². The molecule has 2 heteroatoms. The van der Waals surface area contributed by atoms with Crippen molar-refractivity contribution < 1.29 is 4.42 Å². The summed E-state index contributed by atoms with van der Waals surface area (Å²) in [5.41, 5.74) is 6.49. The number of hydrogen-bond donors (Lipinski definition) is 1. The van der Waals surface area contributed by atoms with Gasteiger partial charge in [0.05, 0.1) is 6.26 Å². The highest BCUT2D eigenvalue weighted by Gasteiger charge is 2.12. The largest absolute Gasteiger partial charge is 0.469 e. The Kier molecular flexibility index (Phi) is 1.74. The Labute approximate surface area is 71.4 Å². The van der Waals surface area contributed by atoms with Gasteiger partial charge < -0.3 is 10.2 Å². The van der Waals surface area contributed by atoms with Crippen molar-refractivity contribution >= 4 is 0 Å². The fourth-order valence-electron chi connectivity index (χ4n) is 1.41. The van der Waals surface area contributed by atoms with Crippen molar-refractivity contribution in [3.8, 4) is 0 Å². The van der Waals surface area contributed by atoms with Crippen LogP contribution in [0.25, 0.3) is 0 Å². The molecular weight excluding hydrogens is 150 g/mol. The molecule has 0 spiro atoms. The molecule has 12 heavy (non-hydrogen) atoms. The molecule has 1 aliphatic carbocycles. The average molecular weight is 161 g/mol. The molecule has 0 aromatic carbocycles. The first-order chi connectivity index (χ1) is 5.86. The third kappa shape index (κ3) is 1.28. The Bertz CT molecular complexity index is 309. The second-order valence-corrected chi connectivity index (χ2v) is 2.93. The Morgan fingerprint density at radius 2 is 2.42 bits per heavy atom. The van der Waals surface area contributed by atoms with E-state index in [1.54, 1.807) is 6.26 Å². The van der Waals surface area contributed by atoms with Crippen molar-refractivity contribution in [1.82, 2.24) is 0 Å². The fourth-order valence-corrected chi connectivity index (χ4v) is 1.41. The fraction of sp³-hybridized carbons (Fsp3) is 0.200. The standard InChI is InChI=1S/C10H11NO/c11-9-4-1-3-8(7-9)10-5-2-6-12-10/h1-2,4-8H,3,11H2. The molecule has 1 aromatic heterocycles. The van der Waals surface area contributed by atoms with E-state index in [1.807, 2.05) is 24.3 Å². The van der Waals surface area contributed by atoms with Crippen LogP contribution >= 0.6 is 0 Å². The highest BCUT2D eigenvalue weighted by atomic mass is 16.3. The van der Waals surface area contributed by atoms with E-state index in [2.05, 4.69) is 6.08 Å². The highest BCUT2D eigenvalue weighted by molar-refractivity contribution is 5.27. The van der Waals surface area contributed by atoms with E-state index in [0.717, 1.165) is 17.9 Å². The summed E-state index contributed by atoms with van der Waals surface area (Å²) >= 11 is 0. The third-order valence-corrected chi connectivity index (χ3v) is 2.00. The Hall–Kier alpha value is -1.44. The summed E-state index contributed by atoms with van der Waals surface area (Å²) in [4.78, 5) is 0. The molecule has 0 saturated carbocycles. The van der Waals surface area contributed by atoms with Gasteiger partial charge >= 0.3 is 0 Å². The van der Waals surface area contributed by atoms with Crippen LogP contribution in [-0.4, -0.2) is 0 Å². The van der Waals surface area contributed by atoms with Crippen LogP contribution in [0.15, 0.2) is 46.7 Å². The van der Waals surface area contributed by atoms with Crippen molar-refractivity contribution in [2.75, 3.05) is 0 Å². The molecule has 62 valence electrons. The predicted molar refractivity (Wildman–Crippen MR) is 47.5 cm³/mol. The van der Waals surface area contributed by atoms with Crippen molar-refractivity contribution in [3.05, 3.63) is 48.1 Å². The van der Waals surface area contributed by atoms with Gasteiger partial charge in [0, 0.05) is 11.6 Å². The molecule has 2 nitrogen and oxygen atoms in total. The lowest BCUT2D eigenvalue weighted by atomic mass is 9.97. The number of rotatable bonds is 1. The Morgan fingerprint density at radius 3 is 3.08 bits per heavy atom. The van der Waals surface area contributed by atoms with E-state index in [0.29, 0.717) is 5.92 Å². The summed E-state index contributed by atoms with van der Waals surface area (Å²) in [5.74, 6) is 1.31. The summed E-state index contributed by atoms with van der Waals surface area (Å²) in [6.07, 6.45) is 8.70. The molecule has 0 radical (unpaired) electrons. The summed E-state index contributed by atoms with van der Waals surface area (Å²) in [7, 11) is 0. The van der Waals surface area contributed by atoms with Crippen LogP contribution in [0.1, 0.15) is 18.1 Å². The lowest BCUT2D eigenvalue weighted by Crippen LogP contribution is -2.03. The minimum Gasteiger partial charge on any atom is -0.469 e. The zero-order valence-electron chi connectivity index (χ0n) is 6.73. The van der Waals surface area contributed by atoms with Gasteiger partial charge in [-0.05, 0) is 24.6 Å². The lowest BCUT2D eigenvalue weighted by molar-refractivity contribution is 0.489. The summed E-state index contributed by atoms with van der Waals surface area (Å²) in [6.45, 7) is 0. The van der Waals surface area contributed by atoms with Gasteiger partial charge in [-0.2, -0.15) is 0 Å². The highest BCUT2D eigenvalue weighted by Crippen LogP contribution is 2.25. The zero-order valence-corrected chi connectivity index (χ0v) is 6.73. The third-order valence-electron chi connectivity index (χ3n) is 2.00. The summed E-state index contributed by atoms with van der Waals surface area (Å²) in [6, 6.07) is 3.88. The molecule has 1 aliphatic rings. The maximum absolute atomic E-state index is 5.66. The van der Waals surface area contributed by atoms with Gasteiger partial charge in [-0.3, -0.25) is 0 Å². The normalized spacial score (nSPS) is 22.3. The van der Waals surface area contributed by atoms with Crippen molar-refractivity contribution in [1.29, 1.82) is 0 Å². The van der Waals surface area contributed by atoms with Crippen LogP contribution in [0.4, 0.5) is 0 Å². The first-order valence-corrected chi connectivity index (χ1v) is 4.03. The molecule has 1 atom stereocenters. The second-order valence-electron chi connectivity index (χ2n) is 2.93. The monoisotopic (exact) mass is 161 g/mol. The average Bonchev–Trinajstić information content (AvgIpc) is 2.56. The van der Waals surface area contributed by atoms with E-state index in [9.17, 15) is 0 Å². The van der Waals surface area contributed by atoms with Crippen LogP contribution in [0.5, 0.6) is 0 Å². The van der Waals surface area contributed by atoms with Crippen LogP contribution in [0.3, 0.4) is 0 Å². The van der Waals surface area contributed by atoms with E-state index in [-0.39, 0.29) is 0 Å². The molecule has 0 aliphatic heterocycles. The molecular formula is C10H11NO. The smallest absolute Gasteiger partial charge is 0.110 e. The maximum Gasteiger partial charge on any atom is 0.110 e. The van der Waals surface area contributed by atoms with Crippen LogP contribution in [0, 0.1) is 0 Å². The summed E-state index contributed by atoms with van der Waals surface area (Å²) in [5, 5.41) is 0. The molecule has 2 N–H and O–H groups in total. The minimum atomic E-state index is 0.324. The van der Waals surface area contributed by atoms with Crippen molar-refractivity contribution in [3.63, 3.8) is 0 Å². The van der Waals surface area contributed by atoms with Crippen LogP contribution < -0.4 is 5.73 Å². The first kappa shape index (κ1) is 7.22. The van der Waals surface area contributed by atoms with Gasteiger partial charge in [0.2, 0.25) is 0 Å². The maximum atomic E-state index is 5.66. The minimum absolute atomic E-state index is 0.324. The predicted octanol–water partition coefficient (Wildman–Crippen LogP) is 2.17. The van der Waals surface area contributed by atoms with E-state index >= 15 is 0 Å². The van der Waals surface area contributed by atoms with Crippen LogP contribution in [-0.2, 0) is 0 Å². The van der Waals surface area contributed by atoms with Gasteiger partial charge in [-0.15, -0.1) is 0 Å². The van der Waals surface area contributed by atoms with Gasteiger partial charge in [0.25, 0.3) is 0 Å². The SMILES string of the molecule is NC1=CC(c2ccco2)CC=C1. The van der Waals surface area contributed by atoms with Crippen molar-refractivity contribution in [2.24, 2.45) is 5.73 Å². The molecule has 1 heterocycles. The molecule has 0 saturated heterocycles. The molecule has 1 unspecified atom stereocenters. The number of hydrogen-bond acceptors (Lipinski definition) is 2. The second kappa shape index (κ2) is 2.89. The molecule has 0 fully saturated rings. The lowest BCUT2D eigenvalue weighted by Gasteiger charge is -2.11. The number of allylic oxidation sites excluding steroid dienone is 3. The molecule has 0 bridgehead atoms. The molecule has 1 aromatic rings. The summed E-state index contributed by atoms with van der Waals surface area (Å²) < 4.78 is 5.29.